The highest BCUT2D eigenvalue weighted by atomic mass is 16.2. The molecular formula is C24H28N4O3. The number of imide groups is 2. The Morgan fingerprint density at radius 1 is 0.774 bits per heavy atom. The van der Waals surface area contributed by atoms with E-state index in [1.54, 1.807) is 0 Å². The lowest BCUT2D eigenvalue weighted by molar-refractivity contribution is -0.144. The Kier molecular flexibility index (Phi) is 6.32. The van der Waals surface area contributed by atoms with E-state index in [-0.39, 0.29) is 13.2 Å². The molecule has 4 amide bonds. The third kappa shape index (κ3) is 4.77. The number of benzene rings is 2. The fourth-order valence-electron chi connectivity index (χ4n) is 4.15. The molecule has 4 rings (SSSR count). The Morgan fingerprint density at radius 3 is 2.10 bits per heavy atom. The van der Waals surface area contributed by atoms with Gasteiger partial charge in [0.2, 0.25) is 0 Å². The normalized spacial score (nSPS) is 17.2. The van der Waals surface area contributed by atoms with E-state index in [1.807, 2.05) is 42.3 Å². The van der Waals surface area contributed by atoms with Gasteiger partial charge in [-0.2, -0.15) is 0 Å². The molecule has 2 fully saturated rings. The molecule has 162 valence electrons. The number of rotatable bonds is 7. The molecule has 0 atom stereocenters. The van der Waals surface area contributed by atoms with Crippen molar-refractivity contribution in [3.63, 3.8) is 0 Å². The Labute approximate surface area is 182 Å². The second-order valence-corrected chi connectivity index (χ2v) is 8.26. The van der Waals surface area contributed by atoms with Crippen LogP contribution in [-0.4, -0.2) is 59.4 Å². The molecule has 2 saturated heterocycles. The molecule has 0 bridgehead atoms. The van der Waals surface area contributed by atoms with Crippen molar-refractivity contribution in [2.45, 2.75) is 32.4 Å². The monoisotopic (exact) mass is 420 g/mol. The average molecular weight is 421 g/mol. The van der Waals surface area contributed by atoms with E-state index in [1.165, 1.54) is 24.9 Å². The molecular weight excluding hydrogens is 392 g/mol. The molecule has 0 spiro atoms. The van der Waals surface area contributed by atoms with E-state index in [9.17, 15) is 14.4 Å². The first-order valence-corrected chi connectivity index (χ1v) is 10.8. The van der Waals surface area contributed by atoms with E-state index < -0.39 is 17.8 Å². The van der Waals surface area contributed by atoms with Gasteiger partial charge in [0.15, 0.2) is 0 Å². The highest BCUT2D eigenvalue weighted by Gasteiger charge is 2.44. The lowest BCUT2D eigenvalue weighted by Crippen LogP contribution is -2.40. The fraction of sp³-hybridized carbons (Fsp3) is 0.375. The molecule has 2 aromatic carbocycles. The summed E-state index contributed by atoms with van der Waals surface area (Å²) in [5.74, 6) is -1.54. The van der Waals surface area contributed by atoms with Gasteiger partial charge in [-0.15, -0.1) is 0 Å². The van der Waals surface area contributed by atoms with Gasteiger partial charge in [-0.3, -0.25) is 19.4 Å². The summed E-state index contributed by atoms with van der Waals surface area (Å²) in [4.78, 5) is 43.8. The van der Waals surface area contributed by atoms with Crippen molar-refractivity contribution in [3.05, 3.63) is 65.7 Å². The zero-order valence-corrected chi connectivity index (χ0v) is 17.9. The van der Waals surface area contributed by atoms with Crippen LogP contribution in [0, 0.1) is 0 Å². The number of carbonyl (C=O) groups excluding carboxylic acids is 3. The zero-order valence-electron chi connectivity index (χ0n) is 17.9. The summed E-state index contributed by atoms with van der Waals surface area (Å²) in [5.41, 5.74) is 3.13. The van der Waals surface area contributed by atoms with Crippen LogP contribution in [0.25, 0.3) is 0 Å². The van der Waals surface area contributed by atoms with Crippen LogP contribution in [0.3, 0.4) is 0 Å². The van der Waals surface area contributed by atoms with Crippen LogP contribution >= 0.6 is 0 Å². The number of hydrogen-bond acceptors (Lipinski definition) is 5. The summed E-state index contributed by atoms with van der Waals surface area (Å²) in [6, 6.07) is 17.1. The molecule has 2 heterocycles. The Balaban J connectivity index is 1.35. The summed E-state index contributed by atoms with van der Waals surface area (Å²) in [7, 11) is 1.84. The second-order valence-electron chi connectivity index (χ2n) is 8.26. The van der Waals surface area contributed by atoms with Crippen LogP contribution in [0.15, 0.2) is 54.6 Å². The van der Waals surface area contributed by atoms with Gasteiger partial charge in [0, 0.05) is 25.3 Å². The number of nitrogens with zero attached hydrogens (tertiary/aromatic N) is 4. The topological polar surface area (TPSA) is 64.2 Å². The van der Waals surface area contributed by atoms with E-state index in [2.05, 4.69) is 29.2 Å². The van der Waals surface area contributed by atoms with Crippen molar-refractivity contribution in [1.82, 2.24) is 14.7 Å². The van der Waals surface area contributed by atoms with Gasteiger partial charge >= 0.3 is 17.8 Å². The third-order valence-corrected chi connectivity index (χ3v) is 5.81. The van der Waals surface area contributed by atoms with Crippen LogP contribution < -0.4 is 4.90 Å². The van der Waals surface area contributed by atoms with Gasteiger partial charge in [0.25, 0.3) is 0 Å². The maximum absolute atomic E-state index is 12.7. The number of piperidine rings is 1. The van der Waals surface area contributed by atoms with Gasteiger partial charge in [-0.1, -0.05) is 42.5 Å². The minimum Gasteiger partial charge on any atom is -0.372 e. The number of amides is 4. The maximum Gasteiger partial charge on any atom is 0.335 e. The van der Waals surface area contributed by atoms with E-state index in [0.29, 0.717) is 6.54 Å². The van der Waals surface area contributed by atoms with Crippen LogP contribution in [0.4, 0.5) is 10.5 Å². The minimum absolute atomic E-state index is 0.0720. The zero-order chi connectivity index (χ0) is 21.8. The van der Waals surface area contributed by atoms with E-state index in [4.69, 9.17) is 0 Å². The average Bonchev–Trinajstić information content (AvgIpc) is 2.99. The van der Waals surface area contributed by atoms with Crippen molar-refractivity contribution < 1.29 is 14.4 Å². The van der Waals surface area contributed by atoms with Crippen LogP contribution in [0.1, 0.15) is 30.4 Å². The van der Waals surface area contributed by atoms with E-state index >= 15 is 0 Å². The number of carbonyl (C=O) groups is 3. The first-order valence-electron chi connectivity index (χ1n) is 10.8. The number of anilines is 1. The van der Waals surface area contributed by atoms with Crippen LogP contribution in [0.2, 0.25) is 0 Å². The standard InChI is InChI=1S/C24H28N4O3/c1-25(16-20-10-12-21(13-11-20)26-14-6-3-7-15-26)18-28-23(30)22(29)27(24(28)31)17-19-8-4-2-5-9-19/h2,4-5,8-13H,3,6-7,14-18H2,1H3. The molecule has 0 radical (unpaired) electrons. The molecule has 0 saturated carbocycles. The van der Waals surface area contributed by atoms with Gasteiger partial charge in [0.05, 0.1) is 13.2 Å². The van der Waals surface area contributed by atoms with Crippen LogP contribution in [0.5, 0.6) is 0 Å². The molecule has 7 nitrogen and oxygen atoms in total. The summed E-state index contributed by atoms with van der Waals surface area (Å²) in [5, 5.41) is 0. The van der Waals surface area contributed by atoms with E-state index in [0.717, 1.165) is 34.0 Å². The summed E-state index contributed by atoms with van der Waals surface area (Å²) < 4.78 is 0. The van der Waals surface area contributed by atoms with Crippen molar-refractivity contribution in [2.24, 2.45) is 0 Å². The number of urea groups is 1. The Bertz CT molecular complexity index is 939. The summed E-state index contributed by atoms with van der Waals surface area (Å²) in [6.07, 6.45) is 3.78. The predicted molar refractivity (Wildman–Crippen MR) is 118 cm³/mol. The Morgan fingerprint density at radius 2 is 1.42 bits per heavy atom. The highest BCUT2D eigenvalue weighted by molar-refractivity contribution is 6.44. The van der Waals surface area contributed by atoms with Gasteiger partial charge in [-0.05, 0) is 49.6 Å². The molecule has 0 unspecified atom stereocenters. The highest BCUT2D eigenvalue weighted by Crippen LogP contribution is 2.21. The second kappa shape index (κ2) is 9.31. The largest absolute Gasteiger partial charge is 0.372 e. The number of hydrogen-bond donors (Lipinski definition) is 0. The quantitative estimate of drug-likeness (QED) is 0.509. The first-order chi connectivity index (χ1) is 15.0. The minimum atomic E-state index is -0.770. The van der Waals surface area contributed by atoms with Crippen LogP contribution in [-0.2, 0) is 22.7 Å². The van der Waals surface area contributed by atoms with Crippen molar-refractivity contribution >= 4 is 23.5 Å². The van der Waals surface area contributed by atoms with Crippen molar-refractivity contribution in [2.75, 3.05) is 31.7 Å². The lowest BCUT2D eigenvalue weighted by Gasteiger charge is -2.29. The van der Waals surface area contributed by atoms with Gasteiger partial charge in [0.1, 0.15) is 0 Å². The maximum atomic E-state index is 12.7. The van der Waals surface area contributed by atoms with Gasteiger partial charge < -0.3 is 4.90 Å². The van der Waals surface area contributed by atoms with Crippen molar-refractivity contribution in [1.29, 1.82) is 0 Å². The molecule has 0 aromatic heterocycles. The third-order valence-electron chi connectivity index (χ3n) is 5.81. The fourth-order valence-corrected chi connectivity index (χ4v) is 4.15. The van der Waals surface area contributed by atoms with Crippen molar-refractivity contribution in [3.8, 4) is 0 Å². The smallest absolute Gasteiger partial charge is 0.335 e. The molecule has 0 N–H and O–H groups in total. The van der Waals surface area contributed by atoms with Gasteiger partial charge in [-0.25, -0.2) is 9.69 Å². The lowest BCUT2D eigenvalue weighted by atomic mass is 10.1. The molecule has 7 heteroatoms. The molecule has 2 aromatic rings. The summed E-state index contributed by atoms with van der Waals surface area (Å²) in [6.45, 7) is 2.95. The molecule has 2 aliphatic rings. The first kappa shape index (κ1) is 21.1. The molecule has 31 heavy (non-hydrogen) atoms. The SMILES string of the molecule is CN(Cc1ccc(N2CCCCC2)cc1)CN1C(=O)C(=O)N(Cc2ccccc2)C1=O. The predicted octanol–water partition coefficient (Wildman–Crippen LogP) is 3.06. The Hall–Kier alpha value is -3.19. The molecule has 0 aliphatic carbocycles. The summed E-state index contributed by atoms with van der Waals surface area (Å²) >= 11 is 0. The molecule has 2 aliphatic heterocycles.